The second-order valence-electron chi connectivity index (χ2n) is 8.11. The van der Waals surface area contributed by atoms with E-state index in [1.54, 1.807) is 6.07 Å². The summed E-state index contributed by atoms with van der Waals surface area (Å²) in [5.74, 6) is -1.36. The molecule has 2 aliphatic heterocycles. The zero-order valence-electron chi connectivity index (χ0n) is 16.7. The van der Waals surface area contributed by atoms with E-state index in [0.29, 0.717) is 44.8 Å². The molecule has 30 heavy (non-hydrogen) atoms. The molecule has 0 radical (unpaired) electrons. The van der Waals surface area contributed by atoms with Crippen molar-refractivity contribution >= 4 is 27.5 Å². The van der Waals surface area contributed by atoms with Gasteiger partial charge in [-0.05, 0) is 55.0 Å². The number of hydrogen-bond acceptors (Lipinski definition) is 3. The van der Waals surface area contributed by atoms with E-state index < -0.39 is 17.0 Å². The molecule has 2 aromatic carbocycles. The molecule has 2 aromatic rings. The fourth-order valence-corrected chi connectivity index (χ4v) is 4.72. The third-order valence-electron chi connectivity index (χ3n) is 6.28. The van der Waals surface area contributed by atoms with Crippen molar-refractivity contribution in [3.63, 3.8) is 0 Å². The number of anilines is 1. The molecule has 1 unspecified atom stereocenters. The molecule has 0 saturated carbocycles. The van der Waals surface area contributed by atoms with Crippen LogP contribution < -0.4 is 10.2 Å². The maximum absolute atomic E-state index is 13.5. The normalized spacial score (nSPS) is 20.9. The number of nitrogens with zero attached hydrogens (tertiary/aromatic N) is 1. The molecule has 2 fully saturated rings. The summed E-state index contributed by atoms with van der Waals surface area (Å²) in [6, 6.07) is 12.0. The van der Waals surface area contributed by atoms with Crippen LogP contribution in [0.5, 0.6) is 0 Å². The standard InChI is InChI=1S/C23H25BrF2N2O2/c24-18-3-1-17(2-4-18)23(8-11-30-12-9-23)22(29)27-14-16-7-10-28(15-16)19-5-6-20(25)21(26)13-19/h1-6,13,16H,7-12,14-15H2,(H,27,29). The van der Waals surface area contributed by atoms with E-state index in [1.807, 2.05) is 29.2 Å². The predicted octanol–water partition coefficient (Wildman–Crippen LogP) is 4.42. The van der Waals surface area contributed by atoms with Crippen LogP contribution in [0.3, 0.4) is 0 Å². The minimum atomic E-state index is -0.837. The van der Waals surface area contributed by atoms with E-state index in [1.165, 1.54) is 6.07 Å². The van der Waals surface area contributed by atoms with Gasteiger partial charge in [0.1, 0.15) is 0 Å². The molecule has 0 aliphatic carbocycles. The van der Waals surface area contributed by atoms with E-state index in [-0.39, 0.29) is 11.8 Å². The lowest BCUT2D eigenvalue weighted by Gasteiger charge is -2.36. The molecule has 0 aromatic heterocycles. The smallest absolute Gasteiger partial charge is 0.230 e. The van der Waals surface area contributed by atoms with Crippen molar-refractivity contribution in [2.24, 2.45) is 5.92 Å². The Morgan fingerprint density at radius 3 is 2.57 bits per heavy atom. The third kappa shape index (κ3) is 4.37. The molecule has 0 spiro atoms. The number of rotatable bonds is 5. The van der Waals surface area contributed by atoms with Crippen molar-refractivity contribution in [1.29, 1.82) is 0 Å². The number of carbonyl (C=O) groups excluding carboxylic acids is 1. The SMILES string of the molecule is O=C(NCC1CCN(c2ccc(F)c(F)c2)C1)C1(c2ccc(Br)cc2)CCOCC1. The summed E-state index contributed by atoms with van der Waals surface area (Å²) in [7, 11) is 0. The minimum Gasteiger partial charge on any atom is -0.381 e. The Balaban J connectivity index is 1.40. The predicted molar refractivity (Wildman–Crippen MR) is 116 cm³/mol. The molecule has 2 heterocycles. The van der Waals surface area contributed by atoms with Crippen molar-refractivity contribution in [2.45, 2.75) is 24.7 Å². The number of hydrogen-bond donors (Lipinski definition) is 1. The van der Waals surface area contributed by atoms with Crippen LogP contribution in [0.4, 0.5) is 14.5 Å². The van der Waals surface area contributed by atoms with Gasteiger partial charge < -0.3 is 15.0 Å². The summed E-state index contributed by atoms with van der Waals surface area (Å²) in [5, 5.41) is 3.17. The molecule has 2 saturated heterocycles. The van der Waals surface area contributed by atoms with Crippen LogP contribution in [0, 0.1) is 17.6 Å². The van der Waals surface area contributed by atoms with Crippen LogP contribution in [-0.2, 0) is 14.9 Å². The van der Waals surface area contributed by atoms with E-state index in [0.717, 1.165) is 29.1 Å². The Morgan fingerprint density at radius 2 is 1.87 bits per heavy atom. The number of ether oxygens (including phenoxy) is 1. The van der Waals surface area contributed by atoms with Gasteiger partial charge in [0.25, 0.3) is 0 Å². The molecular formula is C23H25BrF2N2O2. The average Bonchev–Trinajstić information content (AvgIpc) is 3.24. The summed E-state index contributed by atoms with van der Waals surface area (Å²) in [4.78, 5) is 15.4. The second-order valence-corrected chi connectivity index (χ2v) is 9.03. The Labute approximate surface area is 183 Å². The highest BCUT2D eigenvalue weighted by atomic mass is 79.9. The first kappa shape index (κ1) is 21.2. The molecule has 4 rings (SSSR count). The lowest BCUT2D eigenvalue weighted by Crippen LogP contribution is -2.49. The summed E-state index contributed by atoms with van der Waals surface area (Å²) >= 11 is 3.46. The van der Waals surface area contributed by atoms with E-state index in [9.17, 15) is 13.6 Å². The molecule has 1 atom stereocenters. The molecular weight excluding hydrogens is 454 g/mol. The van der Waals surface area contributed by atoms with Gasteiger partial charge in [-0.1, -0.05) is 28.1 Å². The monoisotopic (exact) mass is 478 g/mol. The first-order chi connectivity index (χ1) is 14.5. The Hall–Kier alpha value is -1.99. The van der Waals surface area contributed by atoms with Crippen molar-refractivity contribution in [2.75, 3.05) is 37.7 Å². The van der Waals surface area contributed by atoms with Gasteiger partial charge in [-0.3, -0.25) is 4.79 Å². The third-order valence-corrected chi connectivity index (χ3v) is 6.81. The topological polar surface area (TPSA) is 41.6 Å². The lowest BCUT2D eigenvalue weighted by molar-refractivity contribution is -0.130. The molecule has 7 heteroatoms. The Morgan fingerprint density at radius 1 is 1.13 bits per heavy atom. The van der Waals surface area contributed by atoms with Crippen LogP contribution in [0.2, 0.25) is 0 Å². The molecule has 0 bridgehead atoms. The van der Waals surface area contributed by atoms with E-state index >= 15 is 0 Å². The van der Waals surface area contributed by atoms with Crippen LogP contribution in [-0.4, -0.2) is 38.8 Å². The van der Waals surface area contributed by atoms with Crippen LogP contribution in [0.1, 0.15) is 24.8 Å². The van der Waals surface area contributed by atoms with Gasteiger partial charge in [-0.25, -0.2) is 8.78 Å². The van der Waals surface area contributed by atoms with Crippen molar-refractivity contribution in [1.82, 2.24) is 5.32 Å². The maximum atomic E-state index is 13.5. The summed E-state index contributed by atoms with van der Waals surface area (Å²) in [6.45, 7) is 3.17. The van der Waals surface area contributed by atoms with Gasteiger partial charge in [-0.2, -0.15) is 0 Å². The zero-order valence-corrected chi connectivity index (χ0v) is 18.3. The number of halogens is 3. The van der Waals surface area contributed by atoms with E-state index in [2.05, 4.69) is 21.2 Å². The first-order valence-corrected chi connectivity index (χ1v) is 11.1. The molecule has 160 valence electrons. The molecule has 1 N–H and O–H groups in total. The fourth-order valence-electron chi connectivity index (χ4n) is 4.46. The second kappa shape index (κ2) is 9.02. The lowest BCUT2D eigenvalue weighted by atomic mass is 9.73. The highest BCUT2D eigenvalue weighted by molar-refractivity contribution is 9.10. The number of carbonyl (C=O) groups is 1. The summed E-state index contributed by atoms with van der Waals surface area (Å²) < 4.78 is 33.2. The number of benzene rings is 2. The van der Waals surface area contributed by atoms with Crippen LogP contribution in [0.25, 0.3) is 0 Å². The minimum absolute atomic E-state index is 0.0411. The number of amides is 1. The van der Waals surface area contributed by atoms with Crippen molar-refractivity contribution in [3.05, 3.63) is 64.1 Å². The molecule has 1 amide bonds. The van der Waals surface area contributed by atoms with E-state index in [4.69, 9.17) is 4.74 Å². The molecule has 2 aliphatic rings. The largest absolute Gasteiger partial charge is 0.381 e. The van der Waals surface area contributed by atoms with Gasteiger partial charge in [0.2, 0.25) is 5.91 Å². The van der Waals surface area contributed by atoms with Gasteiger partial charge in [0.15, 0.2) is 11.6 Å². The van der Waals surface area contributed by atoms with Crippen molar-refractivity contribution < 1.29 is 18.3 Å². The quantitative estimate of drug-likeness (QED) is 0.691. The van der Waals surface area contributed by atoms with Crippen LogP contribution in [0.15, 0.2) is 46.9 Å². The Kier molecular flexibility index (Phi) is 6.39. The van der Waals surface area contributed by atoms with Gasteiger partial charge in [0, 0.05) is 49.1 Å². The maximum Gasteiger partial charge on any atom is 0.230 e. The highest BCUT2D eigenvalue weighted by Gasteiger charge is 2.41. The summed E-state index contributed by atoms with van der Waals surface area (Å²) in [5.41, 5.74) is 1.12. The zero-order chi connectivity index (χ0) is 21.1. The molecule has 4 nitrogen and oxygen atoms in total. The van der Waals surface area contributed by atoms with Gasteiger partial charge in [-0.15, -0.1) is 0 Å². The fraction of sp³-hybridized carbons (Fsp3) is 0.435. The van der Waals surface area contributed by atoms with Crippen LogP contribution >= 0.6 is 15.9 Å². The summed E-state index contributed by atoms with van der Waals surface area (Å²) in [6.07, 6.45) is 2.21. The number of nitrogens with one attached hydrogen (secondary N) is 1. The first-order valence-electron chi connectivity index (χ1n) is 10.3. The van der Waals surface area contributed by atoms with Gasteiger partial charge >= 0.3 is 0 Å². The highest BCUT2D eigenvalue weighted by Crippen LogP contribution is 2.36. The Bertz CT molecular complexity index is 901. The van der Waals surface area contributed by atoms with Gasteiger partial charge in [0.05, 0.1) is 5.41 Å². The van der Waals surface area contributed by atoms with Crippen molar-refractivity contribution in [3.8, 4) is 0 Å². The average molecular weight is 479 g/mol.